The lowest BCUT2D eigenvalue weighted by Gasteiger charge is -2.32. The molecule has 3 aromatic carbocycles. The van der Waals surface area contributed by atoms with E-state index in [4.69, 9.17) is 16.3 Å². The monoisotopic (exact) mass is 585 g/mol. The van der Waals surface area contributed by atoms with Gasteiger partial charge in [0.1, 0.15) is 11.8 Å². The zero-order valence-electron chi connectivity index (χ0n) is 23.0. The van der Waals surface area contributed by atoms with Crippen LogP contribution in [0.2, 0.25) is 5.02 Å². The summed E-state index contributed by atoms with van der Waals surface area (Å²) in [5.74, 6) is -0.131. The average Bonchev–Trinajstić information content (AvgIpc) is 2.94. The fraction of sp³-hybridized carbons (Fsp3) is 0.333. The van der Waals surface area contributed by atoms with E-state index in [1.54, 1.807) is 36.4 Å². The maximum absolute atomic E-state index is 13.8. The molecule has 0 aliphatic carbocycles. The van der Waals surface area contributed by atoms with Crippen molar-refractivity contribution in [1.82, 2.24) is 10.2 Å². The molecule has 0 aromatic heterocycles. The van der Waals surface area contributed by atoms with Crippen LogP contribution in [0.4, 0.5) is 5.69 Å². The third kappa shape index (κ3) is 8.47. The van der Waals surface area contributed by atoms with Crippen molar-refractivity contribution in [3.8, 4) is 5.75 Å². The van der Waals surface area contributed by atoms with Crippen molar-refractivity contribution in [2.45, 2.75) is 38.8 Å². The highest BCUT2D eigenvalue weighted by Crippen LogP contribution is 2.30. The van der Waals surface area contributed by atoms with Gasteiger partial charge in [0.25, 0.3) is 0 Å². The smallest absolute Gasteiger partial charge is 0.242 e. The Bertz CT molecular complexity index is 1380. The molecule has 1 atom stereocenters. The molecule has 3 aromatic rings. The summed E-state index contributed by atoms with van der Waals surface area (Å²) in [5, 5.41) is 3.18. The van der Waals surface area contributed by atoms with Crippen LogP contribution < -0.4 is 14.4 Å². The van der Waals surface area contributed by atoms with Gasteiger partial charge in [0.05, 0.1) is 18.6 Å². The summed E-state index contributed by atoms with van der Waals surface area (Å²) < 4.78 is 32.3. The van der Waals surface area contributed by atoms with Crippen LogP contribution in [0.15, 0.2) is 78.9 Å². The molecular formula is C30H36ClN3O5S. The number of rotatable bonds is 14. The Balaban J connectivity index is 1.87. The van der Waals surface area contributed by atoms with Crippen molar-refractivity contribution in [1.29, 1.82) is 0 Å². The lowest BCUT2D eigenvalue weighted by atomic mass is 10.0. The Hall–Kier alpha value is -3.56. The summed E-state index contributed by atoms with van der Waals surface area (Å²) in [6, 6.07) is 22.8. The molecule has 214 valence electrons. The molecule has 10 heteroatoms. The Morgan fingerprint density at radius 3 is 2.27 bits per heavy atom. The summed E-state index contributed by atoms with van der Waals surface area (Å²) >= 11 is 6.43. The van der Waals surface area contributed by atoms with Gasteiger partial charge in [-0.3, -0.25) is 13.9 Å². The number of hydrogen-bond acceptors (Lipinski definition) is 5. The Labute approximate surface area is 241 Å². The molecular weight excluding hydrogens is 550 g/mol. The fourth-order valence-corrected chi connectivity index (χ4v) is 5.62. The van der Waals surface area contributed by atoms with E-state index in [1.807, 2.05) is 49.4 Å². The molecule has 40 heavy (non-hydrogen) atoms. The maximum Gasteiger partial charge on any atom is 0.242 e. The van der Waals surface area contributed by atoms with Gasteiger partial charge in [-0.25, -0.2) is 8.42 Å². The van der Waals surface area contributed by atoms with Gasteiger partial charge in [0.15, 0.2) is 0 Å². The minimum atomic E-state index is -3.66. The van der Waals surface area contributed by atoms with Crippen molar-refractivity contribution in [3.63, 3.8) is 0 Å². The Morgan fingerprint density at radius 2 is 1.62 bits per heavy atom. The molecule has 0 radical (unpaired) electrons. The summed E-state index contributed by atoms with van der Waals surface area (Å²) in [5.41, 5.74) is 2.03. The van der Waals surface area contributed by atoms with Crippen LogP contribution in [0.3, 0.4) is 0 Å². The lowest BCUT2D eigenvalue weighted by molar-refractivity contribution is -0.141. The maximum atomic E-state index is 13.8. The standard InChI is InChI=1S/C30H36ClN3O5S/c1-4-39-28-18-11-10-17-26(28)34(40(3,37)38)20-12-19-29(35)33(22-24-15-8-9-16-25(24)31)27(30(36)32-2)21-23-13-6-5-7-14-23/h5-11,13-18,27H,4,12,19-22H2,1-3H3,(H,32,36)/t27-/m0/s1. The number of nitrogens with one attached hydrogen (secondary N) is 1. The van der Waals surface area contributed by atoms with E-state index >= 15 is 0 Å². The molecule has 0 saturated carbocycles. The highest BCUT2D eigenvalue weighted by atomic mass is 35.5. The second kappa shape index (κ2) is 14.7. The number of ether oxygens (including phenoxy) is 1. The minimum Gasteiger partial charge on any atom is -0.492 e. The number of likely N-dealkylation sites (N-methyl/N-ethyl adjacent to an activating group) is 1. The minimum absolute atomic E-state index is 0.0234. The molecule has 0 unspecified atom stereocenters. The summed E-state index contributed by atoms with van der Waals surface area (Å²) in [6.45, 7) is 2.41. The van der Waals surface area contributed by atoms with Crippen LogP contribution >= 0.6 is 11.6 Å². The first-order valence-electron chi connectivity index (χ1n) is 13.1. The van der Waals surface area contributed by atoms with Crippen LogP contribution in [0.1, 0.15) is 30.9 Å². The zero-order valence-corrected chi connectivity index (χ0v) is 24.6. The predicted octanol–water partition coefficient (Wildman–Crippen LogP) is 4.67. The lowest BCUT2D eigenvalue weighted by Crippen LogP contribution is -2.49. The van der Waals surface area contributed by atoms with Crippen molar-refractivity contribution in [2.75, 3.05) is 30.8 Å². The quantitative estimate of drug-likeness (QED) is 0.297. The number of hydrogen-bond donors (Lipinski definition) is 1. The molecule has 0 aliphatic rings. The first-order valence-corrected chi connectivity index (χ1v) is 15.4. The highest BCUT2D eigenvalue weighted by molar-refractivity contribution is 7.92. The number of nitrogens with zero attached hydrogens (tertiary/aromatic N) is 2. The van der Waals surface area contributed by atoms with Crippen LogP contribution in [0.5, 0.6) is 5.75 Å². The van der Waals surface area contributed by atoms with E-state index in [1.165, 1.54) is 16.3 Å². The molecule has 0 spiro atoms. The van der Waals surface area contributed by atoms with Gasteiger partial charge in [0, 0.05) is 38.0 Å². The molecule has 8 nitrogen and oxygen atoms in total. The number of anilines is 1. The molecule has 0 fully saturated rings. The second-order valence-electron chi connectivity index (χ2n) is 9.27. The van der Waals surface area contributed by atoms with Gasteiger partial charge in [-0.2, -0.15) is 0 Å². The normalized spacial score (nSPS) is 11.9. The zero-order chi connectivity index (χ0) is 29.1. The van der Waals surface area contributed by atoms with Gasteiger partial charge in [0.2, 0.25) is 21.8 Å². The number of sulfonamides is 1. The number of amides is 2. The van der Waals surface area contributed by atoms with E-state index in [9.17, 15) is 18.0 Å². The fourth-order valence-electron chi connectivity index (χ4n) is 4.45. The van der Waals surface area contributed by atoms with Crippen molar-refractivity contribution in [3.05, 3.63) is 95.0 Å². The molecule has 0 saturated heterocycles. The first kappa shape index (κ1) is 31.0. The number of carbonyl (C=O) groups excluding carboxylic acids is 2. The van der Waals surface area contributed by atoms with Crippen molar-refractivity contribution < 1.29 is 22.7 Å². The van der Waals surface area contributed by atoms with Gasteiger partial charge in [-0.05, 0) is 42.7 Å². The van der Waals surface area contributed by atoms with E-state index in [2.05, 4.69) is 5.32 Å². The van der Waals surface area contributed by atoms with Gasteiger partial charge < -0.3 is 15.0 Å². The largest absolute Gasteiger partial charge is 0.492 e. The van der Waals surface area contributed by atoms with Crippen molar-refractivity contribution >= 4 is 39.1 Å². The third-order valence-corrected chi connectivity index (χ3v) is 7.95. The van der Waals surface area contributed by atoms with Crippen LogP contribution in [-0.2, 0) is 32.6 Å². The van der Waals surface area contributed by atoms with Crippen LogP contribution in [0, 0.1) is 0 Å². The molecule has 0 bridgehead atoms. The van der Waals surface area contributed by atoms with Gasteiger partial charge >= 0.3 is 0 Å². The highest BCUT2D eigenvalue weighted by Gasteiger charge is 2.30. The first-order chi connectivity index (χ1) is 19.2. The third-order valence-electron chi connectivity index (χ3n) is 6.40. The van der Waals surface area contributed by atoms with Gasteiger partial charge in [-0.1, -0.05) is 72.3 Å². The van der Waals surface area contributed by atoms with Crippen LogP contribution in [0.25, 0.3) is 0 Å². The number of benzene rings is 3. The second-order valence-corrected chi connectivity index (χ2v) is 11.6. The molecule has 2 amide bonds. The summed E-state index contributed by atoms with van der Waals surface area (Å²) in [6.07, 6.45) is 1.70. The predicted molar refractivity (Wildman–Crippen MR) is 159 cm³/mol. The van der Waals surface area contributed by atoms with E-state index < -0.39 is 16.1 Å². The molecule has 0 aliphatic heterocycles. The topological polar surface area (TPSA) is 96.0 Å². The Kier molecular flexibility index (Phi) is 11.4. The molecule has 3 rings (SSSR count). The molecule has 0 heterocycles. The number of para-hydroxylation sites is 2. The molecule has 1 N–H and O–H groups in total. The van der Waals surface area contributed by atoms with E-state index in [0.717, 1.165) is 11.8 Å². The van der Waals surface area contributed by atoms with Crippen molar-refractivity contribution in [2.24, 2.45) is 0 Å². The van der Waals surface area contributed by atoms with E-state index in [-0.39, 0.29) is 37.7 Å². The SMILES string of the molecule is CCOc1ccccc1N(CCCC(=O)N(Cc1ccccc1Cl)[C@@H](Cc1ccccc1)C(=O)NC)S(C)(=O)=O. The average molecular weight is 586 g/mol. The van der Waals surface area contributed by atoms with Gasteiger partial charge in [-0.15, -0.1) is 0 Å². The summed E-state index contributed by atoms with van der Waals surface area (Å²) in [7, 11) is -2.12. The number of halogens is 1. The summed E-state index contributed by atoms with van der Waals surface area (Å²) in [4.78, 5) is 28.4. The Morgan fingerprint density at radius 1 is 0.975 bits per heavy atom. The van der Waals surface area contributed by atoms with E-state index in [0.29, 0.717) is 35.1 Å². The number of carbonyl (C=O) groups is 2. The van der Waals surface area contributed by atoms with Crippen LogP contribution in [-0.4, -0.2) is 57.6 Å².